The molecule has 144 valence electrons. The lowest BCUT2D eigenvalue weighted by Crippen LogP contribution is -2.28. The molecule has 0 spiro atoms. The van der Waals surface area contributed by atoms with Gasteiger partial charge in [-0.15, -0.1) is 0 Å². The number of hydrogen-bond acceptors (Lipinski definition) is 6. The number of likely N-dealkylation sites (N-methyl/N-ethyl adjacent to an activating group) is 1. The molecule has 0 radical (unpaired) electrons. The summed E-state index contributed by atoms with van der Waals surface area (Å²) < 4.78 is 18.9. The van der Waals surface area contributed by atoms with Crippen molar-refractivity contribution in [1.29, 1.82) is 0 Å². The molecule has 0 aliphatic carbocycles. The summed E-state index contributed by atoms with van der Waals surface area (Å²) in [5, 5.41) is 10.8. The topological polar surface area (TPSA) is 82.0 Å². The summed E-state index contributed by atoms with van der Waals surface area (Å²) in [5.74, 6) is -1.59. The number of halogens is 1. The van der Waals surface area contributed by atoms with Crippen LogP contribution in [0.5, 0.6) is 5.75 Å². The molecule has 0 N–H and O–H groups in total. The molecule has 1 heterocycles. The number of carboxylic acid groups (broad SMARTS) is 1. The standard InChI is InChI=1S/C20H17FN2O4S/c1-2-23-19(26)17(28-20(23)22-16-6-4-3-5-15(16)21)11-13-7-9-14(10-8-13)27-12-18(24)25/h3-11H,2,12H2,1H3,(H,24,25)/p-1/b17-11+,22-20?. The fourth-order valence-corrected chi connectivity index (χ4v) is 3.52. The van der Waals surface area contributed by atoms with Gasteiger partial charge in [0, 0.05) is 6.54 Å². The lowest BCUT2D eigenvalue weighted by Gasteiger charge is -2.12. The maximum absolute atomic E-state index is 13.9. The van der Waals surface area contributed by atoms with E-state index in [1.807, 2.05) is 6.92 Å². The largest absolute Gasteiger partial charge is 0.546 e. The third kappa shape index (κ3) is 4.58. The highest BCUT2D eigenvalue weighted by Gasteiger charge is 2.32. The van der Waals surface area contributed by atoms with Gasteiger partial charge in [-0.25, -0.2) is 9.38 Å². The Morgan fingerprint density at radius 3 is 2.61 bits per heavy atom. The van der Waals surface area contributed by atoms with E-state index in [0.29, 0.717) is 22.4 Å². The van der Waals surface area contributed by atoms with E-state index in [-0.39, 0.29) is 11.6 Å². The minimum atomic E-state index is -1.31. The highest BCUT2D eigenvalue weighted by Crippen LogP contribution is 2.34. The summed E-state index contributed by atoms with van der Waals surface area (Å²) >= 11 is 1.17. The van der Waals surface area contributed by atoms with Crippen molar-refractivity contribution in [3.63, 3.8) is 0 Å². The number of benzene rings is 2. The zero-order valence-electron chi connectivity index (χ0n) is 14.9. The van der Waals surface area contributed by atoms with Crippen LogP contribution in [0, 0.1) is 5.82 Å². The van der Waals surface area contributed by atoms with Crippen LogP contribution in [0.2, 0.25) is 0 Å². The number of amides is 1. The number of carbonyl (C=O) groups is 2. The van der Waals surface area contributed by atoms with E-state index in [1.54, 1.807) is 48.5 Å². The fourth-order valence-electron chi connectivity index (χ4n) is 2.47. The number of ether oxygens (including phenoxy) is 1. The molecule has 0 atom stereocenters. The van der Waals surface area contributed by atoms with Crippen LogP contribution in [-0.2, 0) is 9.59 Å². The molecular formula is C20H16FN2O4S-. The lowest BCUT2D eigenvalue weighted by molar-refractivity contribution is -0.307. The van der Waals surface area contributed by atoms with Gasteiger partial charge in [0.2, 0.25) is 0 Å². The Balaban J connectivity index is 1.82. The van der Waals surface area contributed by atoms with Gasteiger partial charge < -0.3 is 14.6 Å². The molecule has 0 unspecified atom stereocenters. The second kappa shape index (κ2) is 8.71. The minimum Gasteiger partial charge on any atom is -0.546 e. The Bertz CT molecular complexity index is 957. The number of carbonyl (C=O) groups excluding carboxylic acids is 2. The van der Waals surface area contributed by atoms with E-state index in [9.17, 15) is 19.1 Å². The van der Waals surface area contributed by atoms with E-state index >= 15 is 0 Å². The summed E-state index contributed by atoms with van der Waals surface area (Å²) in [6.45, 7) is 1.70. The molecule has 0 aromatic heterocycles. The van der Waals surface area contributed by atoms with Gasteiger partial charge in [0.1, 0.15) is 23.9 Å². The molecule has 1 amide bonds. The molecule has 1 saturated heterocycles. The Morgan fingerprint density at radius 1 is 1.25 bits per heavy atom. The van der Waals surface area contributed by atoms with Crippen molar-refractivity contribution >= 4 is 40.6 Å². The van der Waals surface area contributed by atoms with Crippen LogP contribution in [0.15, 0.2) is 58.4 Å². The molecule has 2 aromatic carbocycles. The summed E-state index contributed by atoms with van der Waals surface area (Å²) in [6, 6.07) is 12.7. The van der Waals surface area contributed by atoms with Gasteiger partial charge in [-0.1, -0.05) is 24.3 Å². The number of thioether (sulfide) groups is 1. The van der Waals surface area contributed by atoms with Gasteiger partial charge in [0.25, 0.3) is 5.91 Å². The third-order valence-electron chi connectivity index (χ3n) is 3.81. The SMILES string of the molecule is CCN1C(=O)/C(=C\c2ccc(OCC(=O)[O-])cc2)SC1=Nc1ccccc1F. The number of para-hydroxylation sites is 1. The monoisotopic (exact) mass is 399 g/mol. The maximum atomic E-state index is 13.9. The van der Waals surface area contributed by atoms with Crippen molar-refractivity contribution < 1.29 is 23.8 Å². The van der Waals surface area contributed by atoms with Crippen molar-refractivity contribution in [3.05, 3.63) is 64.8 Å². The number of hydrogen-bond donors (Lipinski definition) is 0. The predicted octanol–water partition coefficient (Wildman–Crippen LogP) is 2.58. The minimum absolute atomic E-state index is 0.173. The highest BCUT2D eigenvalue weighted by atomic mass is 32.2. The number of nitrogens with zero attached hydrogens (tertiary/aromatic N) is 2. The quantitative estimate of drug-likeness (QED) is 0.698. The first-order chi connectivity index (χ1) is 13.5. The van der Waals surface area contributed by atoms with Crippen LogP contribution in [0.25, 0.3) is 6.08 Å². The van der Waals surface area contributed by atoms with E-state index in [1.165, 1.54) is 22.7 Å². The summed E-state index contributed by atoms with van der Waals surface area (Å²) in [6.07, 6.45) is 1.70. The highest BCUT2D eigenvalue weighted by molar-refractivity contribution is 8.18. The van der Waals surface area contributed by atoms with Crippen molar-refractivity contribution in [3.8, 4) is 5.75 Å². The fraction of sp³-hybridized carbons (Fsp3) is 0.150. The first kappa shape index (κ1) is 19.6. The average molecular weight is 399 g/mol. The zero-order valence-corrected chi connectivity index (χ0v) is 15.7. The summed E-state index contributed by atoms with van der Waals surface area (Å²) in [4.78, 5) is 29.3. The van der Waals surface area contributed by atoms with Gasteiger partial charge in [0.15, 0.2) is 5.17 Å². The molecule has 2 aromatic rings. The molecule has 8 heteroatoms. The third-order valence-corrected chi connectivity index (χ3v) is 4.81. The first-order valence-corrected chi connectivity index (χ1v) is 9.27. The molecule has 0 saturated carbocycles. The first-order valence-electron chi connectivity index (χ1n) is 8.45. The number of amidine groups is 1. The smallest absolute Gasteiger partial charge is 0.266 e. The number of rotatable bonds is 6. The second-order valence-corrected chi connectivity index (χ2v) is 6.74. The van der Waals surface area contributed by atoms with Crippen molar-refractivity contribution in [2.45, 2.75) is 6.92 Å². The van der Waals surface area contributed by atoms with E-state index < -0.39 is 18.4 Å². The Hall–Kier alpha value is -3.13. The number of carboxylic acids is 1. The summed E-state index contributed by atoms with van der Waals surface area (Å²) in [7, 11) is 0. The molecule has 28 heavy (non-hydrogen) atoms. The van der Waals surface area contributed by atoms with Gasteiger partial charge >= 0.3 is 0 Å². The van der Waals surface area contributed by atoms with E-state index in [2.05, 4.69) is 4.99 Å². The maximum Gasteiger partial charge on any atom is 0.266 e. The number of aliphatic carboxylic acids is 1. The van der Waals surface area contributed by atoms with Crippen molar-refractivity contribution in [1.82, 2.24) is 4.90 Å². The molecule has 1 aliphatic heterocycles. The van der Waals surface area contributed by atoms with Crippen LogP contribution in [0.3, 0.4) is 0 Å². The van der Waals surface area contributed by atoms with Gasteiger partial charge in [-0.05, 0) is 54.6 Å². The molecular weight excluding hydrogens is 383 g/mol. The normalized spacial score (nSPS) is 16.8. The molecule has 0 bridgehead atoms. The molecule has 1 fully saturated rings. The Labute approximate surface area is 165 Å². The van der Waals surface area contributed by atoms with Crippen LogP contribution in [0.1, 0.15) is 12.5 Å². The zero-order chi connectivity index (χ0) is 20.1. The van der Waals surface area contributed by atoms with Gasteiger partial charge in [-0.3, -0.25) is 9.69 Å². The Morgan fingerprint density at radius 2 is 1.96 bits per heavy atom. The predicted molar refractivity (Wildman–Crippen MR) is 103 cm³/mol. The van der Waals surface area contributed by atoms with Crippen LogP contribution >= 0.6 is 11.8 Å². The van der Waals surface area contributed by atoms with E-state index in [0.717, 1.165) is 5.56 Å². The van der Waals surface area contributed by atoms with Gasteiger partial charge in [-0.2, -0.15) is 0 Å². The second-order valence-electron chi connectivity index (χ2n) is 5.74. The molecule has 1 aliphatic rings. The molecule has 3 rings (SSSR count). The van der Waals surface area contributed by atoms with Crippen molar-refractivity contribution in [2.75, 3.05) is 13.2 Å². The number of aliphatic imine (C=N–C) groups is 1. The van der Waals surface area contributed by atoms with Crippen LogP contribution in [0.4, 0.5) is 10.1 Å². The Kier molecular flexibility index (Phi) is 6.10. The van der Waals surface area contributed by atoms with E-state index in [4.69, 9.17) is 4.74 Å². The van der Waals surface area contributed by atoms with Gasteiger partial charge in [0.05, 0.1) is 10.9 Å². The van der Waals surface area contributed by atoms with Crippen molar-refractivity contribution in [2.24, 2.45) is 4.99 Å². The lowest BCUT2D eigenvalue weighted by atomic mass is 10.2. The van der Waals surface area contributed by atoms with Crippen LogP contribution < -0.4 is 9.84 Å². The van der Waals surface area contributed by atoms with Crippen LogP contribution in [-0.4, -0.2) is 35.1 Å². The average Bonchev–Trinajstić information content (AvgIpc) is 2.97. The molecule has 6 nitrogen and oxygen atoms in total. The summed E-state index contributed by atoms with van der Waals surface area (Å²) in [5.41, 5.74) is 0.909.